The highest BCUT2D eigenvalue weighted by Gasteiger charge is 2.49. The molecule has 2 N–H and O–H groups in total. The van der Waals surface area contributed by atoms with Gasteiger partial charge in [-0.15, -0.1) is 0 Å². The molecule has 1 saturated heterocycles. The minimum Gasteiger partial charge on any atom is -0.467 e. The van der Waals surface area contributed by atoms with Gasteiger partial charge in [-0.25, -0.2) is 14.5 Å². The predicted molar refractivity (Wildman–Crippen MR) is 94.5 cm³/mol. The van der Waals surface area contributed by atoms with Crippen LogP contribution >= 0.6 is 0 Å². The van der Waals surface area contributed by atoms with Crippen LogP contribution in [0.5, 0.6) is 0 Å². The van der Waals surface area contributed by atoms with Gasteiger partial charge in [0.25, 0.3) is 0 Å². The van der Waals surface area contributed by atoms with Crippen molar-refractivity contribution in [2.24, 2.45) is 5.92 Å². The van der Waals surface area contributed by atoms with E-state index in [1.54, 1.807) is 12.1 Å². The molecule has 0 unspecified atom stereocenters. The van der Waals surface area contributed by atoms with Crippen molar-refractivity contribution in [3.05, 3.63) is 24.2 Å². The van der Waals surface area contributed by atoms with Gasteiger partial charge in [-0.05, 0) is 30.9 Å². The topological polar surface area (TPSA) is 129 Å². The van der Waals surface area contributed by atoms with Crippen LogP contribution in [0.2, 0.25) is 0 Å². The molecule has 10 nitrogen and oxygen atoms in total. The Bertz CT molecular complexity index is 790. The number of hydrogen-bond donors (Lipinski definition) is 2. The summed E-state index contributed by atoms with van der Waals surface area (Å²) in [6.45, 7) is 1.31. The van der Waals surface area contributed by atoms with Crippen LogP contribution < -0.4 is 10.6 Å². The fourth-order valence-electron chi connectivity index (χ4n) is 3.57. The average molecular weight is 390 g/mol. The van der Waals surface area contributed by atoms with Gasteiger partial charge in [-0.1, -0.05) is 19.8 Å². The number of furan rings is 1. The molecule has 1 saturated carbocycles. The zero-order valence-corrected chi connectivity index (χ0v) is 15.5. The molecule has 2 atom stereocenters. The molecule has 28 heavy (non-hydrogen) atoms. The number of imide groups is 3. The number of amides is 7. The van der Waals surface area contributed by atoms with Gasteiger partial charge < -0.3 is 9.73 Å². The summed E-state index contributed by atoms with van der Waals surface area (Å²) in [6, 6.07) is 1.35. The van der Waals surface area contributed by atoms with Gasteiger partial charge in [0.05, 0.1) is 12.8 Å². The molecule has 0 aromatic carbocycles. The maximum Gasteiger partial charge on any atom is 0.334 e. The Morgan fingerprint density at radius 1 is 1.18 bits per heavy atom. The molecule has 0 bridgehead atoms. The summed E-state index contributed by atoms with van der Waals surface area (Å²) in [5, 5.41) is 4.43. The lowest BCUT2D eigenvalue weighted by Gasteiger charge is -2.34. The second kappa shape index (κ2) is 8.24. The Hall–Kier alpha value is -3.17. The van der Waals surface area contributed by atoms with E-state index in [9.17, 15) is 24.0 Å². The number of rotatable bonds is 5. The number of carbonyl (C=O) groups is 5. The molecular weight excluding hydrogens is 368 g/mol. The first-order valence-corrected chi connectivity index (χ1v) is 9.17. The largest absolute Gasteiger partial charge is 0.467 e. The van der Waals surface area contributed by atoms with Crippen LogP contribution in [0.4, 0.5) is 9.59 Å². The fraction of sp³-hybridized carbons (Fsp3) is 0.500. The van der Waals surface area contributed by atoms with Crippen molar-refractivity contribution < 1.29 is 28.4 Å². The molecule has 3 rings (SSSR count). The Morgan fingerprint density at radius 2 is 1.93 bits per heavy atom. The van der Waals surface area contributed by atoms with Crippen LogP contribution in [0.25, 0.3) is 0 Å². The van der Waals surface area contributed by atoms with Crippen molar-refractivity contribution in [1.29, 1.82) is 0 Å². The third-order valence-electron chi connectivity index (χ3n) is 5.04. The van der Waals surface area contributed by atoms with E-state index in [0.717, 1.165) is 24.2 Å². The van der Waals surface area contributed by atoms with Crippen molar-refractivity contribution in [3.8, 4) is 0 Å². The molecule has 1 aliphatic carbocycles. The van der Waals surface area contributed by atoms with Crippen LogP contribution in [-0.2, 0) is 20.9 Å². The molecule has 10 heteroatoms. The van der Waals surface area contributed by atoms with Crippen LogP contribution in [0.15, 0.2) is 22.8 Å². The molecular formula is C18H22N4O6. The summed E-state index contributed by atoms with van der Waals surface area (Å²) in [4.78, 5) is 62.4. The summed E-state index contributed by atoms with van der Waals surface area (Å²) in [5.41, 5.74) is 0. The predicted octanol–water partition coefficient (Wildman–Crippen LogP) is 0.975. The van der Waals surface area contributed by atoms with Crippen molar-refractivity contribution in [1.82, 2.24) is 20.4 Å². The number of urea groups is 2. The lowest BCUT2D eigenvalue weighted by Crippen LogP contribution is -2.48. The lowest BCUT2D eigenvalue weighted by atomic mass is 9.85. The van der Waals surface area contributed by atoms with Gasteiger partial charge in [0.2, 0.25) is 5.91 Å². The van der Waals surface area contributed by atoms with E-state index in [1.165, 1.54) is 6.26 Å². The highest BCUT2D eigenvalue weighted by Crippen LogP contribution is 2.31. The van der Waals surface area contributed by atoms with Gasteiger partial charge in [0.15, 0.2) is 0 Å². The number of nitrogens with one attached hydrogen (secondary N) is 2. The van der Waals surface area contributed by atoms with Crippen LogP contribution in [0.1, 0.15) is 38.4 Å². The molecule has 2 aliphatic rings. The molecule has 2 fully saturated rings. The Labute approximate surface area is 161 Å². The first-order valence-electron chi connectivity index (χ1n) is 9.17. The van der Waals surface area contributed by atoms with Crippen LogP contribution in [0.3, 0.4) is 0 Å². The fourth-order valence-corrected chi connectivity index (χ4v) is 3.57. The van der Waals surface area contributed by atoms with Gasteiger partial charge in [0, 0.05) is 6.04 Å². The second-order valence-corrected chi connectivity index (χ2v) is 6.99. The summed E-state index contributed by atoms with van der Waals surface area (Å²) >= 11 is 0. The SMILES string of the molecule is C[C@@H]1CCCC[C@@H]1N1C(=O)C(=O)N(CC(=O)NC(=O)NCc2ccco2)C1=O. The normalized spacial score (nSPS) is 22.5. The van der Waals surface area contributed by atoms with E-state index in [0.29, 0.717) is 17.1 Å². The Morgan fingerprint density at radius 3 is 2.61 bits per heavy atom. The van der Waals surface area contributed by atoms with E-state index < -0.39 is 36.3 Å². The quantitative estimate of drug-likeness (QED) is 0.569. The maximum atomic E-state index is 12.6. The molecule has 7 amide bonds. The smallest absolute Gasteiger partial charge is 0.334 e. The highest BCUT2D eigenvalue weighted by atomic mass is 16.3. The standard InChI is InChI=1S/C18H22N4O6/c1-11-5-2-3-7-13(11)22-16(25)15(24)21(18(22)27)10-14(23)20-17(26)19-9-12-6-4-8-28-12/h4,6,8,11,13H,2-3,5,7,9-10H2,1H3,(H2,19,20,23,26)/t11-,13+/m1/s1. The lowest BCUT2D eigenvalue weighted by molar-refractivity contribution is -0.145. The average Bonchev–Trinajstić information content (AvgIpc) is 3.25. The summed E-state index contributed by atoms with van der Waals surface area (Å²) in [7, 11) is 0. The van der Waals surface area contributed by atoms with Crippen molar-refractivity contribution in [2.75, 3.05) is 6.54 Å². The zero-order chi connectivity index (χ0) is 20.3. The zero-order valence-electron chi connectivity index (χ0n) is 15.5. The molecule has 2 heterocycles. The van der Waals surface area contributed by atoms with Gasteiger partial charge in [0.1, 0.15) is 12.3 Å². The first kappa shape index (κ1) is 19.6. The van der Waals surface area contributed by atoms with Gasteiger partial charge in [-0.2, -0.15) is 0 Å². The molecule has 1 aliphatic heterocycles. The number of hydrogen-bond acceptors (Lipinski definition) is 6. The van der Waals surface area contributed by atoms with E-state index in [2.05, 4.69) is 5.32 Å². The number of carbonyl (C=O) groups excluding carboxylic acids is 5. The molecule has 1 aromatic heterocycles. The second-order valence-electron chi connectivity index (χ2n) is 6.99. The van der Waals surface area contributed by atoms with Crippen molar-refractivity contribution in [3.63, 3.8) is 0 Å². The minimum atomic E-state index is -1.05. The summed E-state index contributed by atoms with van der Waals surface area (Å²) in [5.74, 6) is -2.25. The molecule has 0 spiro atoms. The third-order valence-corrected chi connectivity index (χ3v) is 5.04. The highest BCUT2D eigenvalue weighted by molar-refractivity contribution is 6.45. The molecule has 1 aromatic rings. The van der Waals surface area contributed by atoms with Gasteiger partial charge in [-0.3, -0.25) is 24.6 Å². The molecule has 150 valence electrons. The Balaban J connectivity index is 1.56. The molecule has 0 radical (unpaired) electrons. The van der Waals surface area contributed by atoms with Gasteiger partial charge >= 0.3 is 23.9 Å². The third kappa shape index (κ3) is 4.05. The van der Waals surface area contributed by atoms with Crippen LogP contribution in [-0.4, -0.2) is 52.2 Å². The van der Waals surface area contributed by atoms with Crippen molar-refractivity contribution in [2.45, 2.75) is 45.2 Å². The monoisotopic (exact) mass is 390 g/mol. The number of nitrogens with zero attached hydrogens (tertiary/aromatic N) is 2. The van der Waals surface area contributed by atoms with E-state index in [-0.39, 0.29) is 18.5 Å². The van der Waals surface area contributed by atoms with Crippen molar-refractivity contribution >= 4 is 29.8 Å². The Kier molecular flexibility index (Phi) is 5.76. The summed E-state index contributed by atoms with van der Waals surface area (Å²) < 4.78 is 5.05. The maximum absolute atomic E-state index is 12.6. The first-order chi connectivity index (χ1) is 13.4. The van der Waals surface area contributed by atoms with E-state index in [4.69, 9.17) is 4.42 Å². The van der Waals surface area contributed by atoms with E-state index in [1.807, 2.05) is 12.2 Å². The summed E-state index contributed by atoms with van der Waals surface area (Å²) in [6.07, 6.45) is 4.84. The van der Waals surface area contributed by atoms with E-state index >= 15 is 0 Å². The minimum absolute atomic E-state index is 0.0690. The van der Waals surface area contributed by atoms with Crippen LogP contribution in [0, 0.1) is 5.92 Å².